The molecule has 12 heteroatoms. The number of nitrogens with zero attached hydrogens (tertiary/aromatic N) is 3. The second kappa shape index (κ2) is 10.1. The van der Waals surface area contributed by atoms with Crippen LogP contribution in [-0.4, -0.2) is 32.6 Å². The number of hydrogen-bond donors (Lipinski definition) is 1. The third-order valence-corrected chi connectivity index (χ3v) is 7.99. The summed E-state index contributed by atoms with van der Waals surface area (Å²) in [5.41, 5.74) is 0.196. The minimum Gasteiger partial charge on any atom is -0.459 e. The number of aryl methyl sites for hydroxylation is 1. The number of ether oxygens (including phenoxy) is 1. The van der Waals surface area contributed by atoms with E-state index in [9.17, 15) is 22.8 Å². The van der Waals surface area contributed by atoms with Gasteiger partial charge in [0.15, 0.2) is 17.0 Å². The van der Waals surface area contributed by atoms with Gasteiger partial charge in [0.05, 0.1) is 21.8 Å². The molecule has 3 aromatic heterocycles. The molecular weight excluding hydrogens is 585 g/mol. The van der Waals surface area contributed by atoms with Gasteiger partial charge >= 0.3 is 12.1 Å². The van der Waals surface area contributed by atoms with Crippen LogP contribution in [0.3, 0.4) is 0 Å². The van der Waals surface area contributed by atoms with Gasteiger partial charge in [-0.15, -0.1) is 11.3 Å². The van der Waals surface area contributed by atoms with Gasteiger partial charge in [0.25, 0.3) is 5.91 Å². The van der Waals surface area contributed by atoms with Crippen LogP contribution in [0.2, 0.25) is 0 Å². The minimum atomic E-state index is -4.76. The van der Waals surface area contributed by atoms with Gasteiger partial charge < -0.3 is 10.1 Å². The second-order valence-electron chi connectivity index (χ2n) is 9.11. The number of amides is 1. The Kier molecular flexibility index (Phi) is 7.03. The summed E-state index contributed by atoms with van der Waals surface area (Å²) >= 11 is 4.53. The van der Waals surface area contributed by atoms with Gasteiger partial charge in [-0.3, -0.25) is 4.79 Å². The van der Waals surface area contributed by atoms with Crippen LogP contribution in [-0.2, 0) is 23.8 Å². The van der Waals surface area contributed by atoms with Crippen LogP contribution >= 0.6 is 27.3 Å². The Morgan fingerprint density at radius 3 is 2.55 bits per heavy atom. The third kappa shape index (κ3) is 4.94. The maximum Gasteiger partial charge on any atom is 0.433 e. The lowest BCUT2D eigenvalue weighted by atomic mass is 9.95. The fraction of sp³-hybridized carbons (Fsp3) is 0.308. The molecule has 198 valence electrons. The molecule has 0 spiro atoms. The number of esters is 1. The van der Waals surface area contributed by atoms with E-state index in [0.717, 1.165) is 35.8 Å². The Bertz CT molecular complexity index is 1550. The normalized spacial score (nSPS) is 13.6. The zero-order valence-corrected chi connectivity index (χ0v) is 22.8. The van der Waals surface area contributed by atoms with E-state index in [1.54, 1.807) is 44.2 Å². The lowest BCUT2D eigenvalue weighted by molar-refractivity contribution is -0.142. The molecule has 0 fully saturated rings. The molecule has 0 bridgehead atoms. The third-order valence-electron chi connectivity index (χ3n) is 6.05. The number of nitrogens with one attached hydrogen (secondary N) is 1. The molecule has 3 heterocycles. The lowest BCUT2D eigenvalue weighted by Gasteiger charge is -2.14. The zero-order valence-electron chi connectivity index (χ0n) is 20.4. The lowest BCUT2D eigenvalue weighted by Crippen LogP contribution is -2.18. The quantitative estimate of drug-likeness (QED) is 0.249. The molecule has 0 atom stereocenters. The first-order valence-electron chi connectivity index (χ1n) is 11.9. The van der Waals surface area contributed by atoms with E-state index in [2.05, 4.69) is 31.3 Å². The van der Waals surface area contributed by atoms with Crippen LogP contribution in [0, 0.1) is 0 Å². The van der Waals surface area contributed by atoms with Gasteiger partial charge in [0.2, 0.25) is 0 Å². The van der Waals surface area contributed by atoms with E-state index in [4.69, 9.17) is 4.74 Å². The van der Waals surface area contributed by atoms with Crippen molar-refractivity contribution >= 4 is 49.8 Å². The predicted octanol–water partition coefficient (Wildman–Crippen LogP) is 6.94. The van der Waals surface area contributed by atoms with Crippen LogP contribution in [0.15, 0.2) is 40.9 Å². The first-order valence-corrected chi connectivity index (χ1v) is 13.5. The number of hydrogen-bond acceptors (Lipinski definition) is 6. The number of halogens is 4. The number of rotatable bonds is 5. The number of aromatic nitrogens is 3. The van der Waals surface area contributed by atoms with E-state index in [1.807, 2.05) is 0 Å². The summed E-state index contributed by atoms with van der Waals surface area (Å²) in [5, 5.41) is 6.98. The number of fused-ring (bicyclic) bond motifs is 2. The van der Waals surface area contributed by atoms with E-state index < -0.39 is 23.7 Å². The second-order valence-corrected chi connectivity index (χ2v) is 11.0. The molecule has 1 N–H and O–H groups in total. The fourth-order valence-corrected chi connectivity index (χ4v) is 6.19. The monoisotopic (exact) mass is 606 g/mol. The summed E-state index contributed by atoms with van der Waals surface area (Å²) in [6.07, 6.45) is -1.78. The molecule has 0 saturated carbocycles. The summed E-state index contributed by atoms with van der Waals surface area (Å²) in [5.74, 6) is -1.31. The first kappa shape index (κ1) is 26.4. The van der Waals surface area contributed by atoms with Crippen LogP contribution in [0.4, 0.5) is 18.2 Å². The number of benzene rings is 1. The summed E-state index contributed by atoms with van der Waals surface area (Å²) in [4.78, 5) is 31.6. The van der Waals surface area contributed by atoms with Gasteiger partial charge in [-0.2, -0.15) is 18.3 Å². The van der Waals surface area contributed by atoms with Crippen molar-refractivity contribution in [2.75, 3.05) is 5.32 Å². The van der Waals surface area contributed by atoms with E-state index >= 15 is 0 Å². The average molecular weight is 607 g/mol. The zero-order chi connectivity index (χ0) is 27.2. The molecular formula is C26H22BrF3N4O3S. The van der Waals surface area contributed by atoms with Crippen molar-refractivity contribution in [2.45, 2.75) is 51.8 Å². The maximum atomic E-state index is 14.0. The van der Waals surface area contributed by atoms with E-state index in [-0.39, 0.29) is 27.6 Å². The van der Waals surface area contributed by atoms with Crippen molar-refractivity contribution in [3.63, 3.8) is 0 Å². The molecule has 0 radical (unpaired) electrons. The summed E-state index contributed by atoms with van der Waals surface area (Å²) < 4.78 is 48.1. The Hall–Kier alpha value is -3.25. The summed E-state index contributed by atoms with van der Waals surface area (Å²) in [6.45, 7) is 3.47. The van der Waals surface area contributed by atoms with Crippen LogP contribution in [0.5, 0.6) is 0 Å². The van der Waals surface area contributed by atoms with Crippen molar-refractivity contribution in [2.24, 2.45) is 0 Å². The SMILES string of the molecule is CC(C)OC(=O)c1c(NC(=O)c2nn3c(C(F)(F)F)cc(-c4ccccc4)nc3c2Br)sc2c1CCCC2. The fourth-order valence-electron chi connectivity index (χ4n) is 4.40. The molecule has 1 amide bonds. The molecule has 1 aromatic carbocycles. The number of thiophene rings is 1. The summed E-state index contributed by atoms with van der Waals surface area (Å²) in [6, 6.07) is 9.33. The topological polar surface area (TPSA) is 85.6 Å². The van der Waals surface area contributed by atoms with Gasteiger partial charge in [0, 0.05) is 10.4 Å². The number of alkyl halides is 3. The van der Waals surface area contributed by atoms with Crippen molar-refractivity contribution < 1.29 is 27.5 Å². The molecule has 5 rings (SSSR count). The van der Waals surface area contributed by atoms with Crippen LogP contribution < -0.4 is 5.32 Å². The van der Waals surface area contributed by atoms with E-state index in [0.29, 0.717) is 27.1 Å². The van der Waals surface area contributed by atoms with Gasteiger partial charge in [-0.05, 0) is 67.1 Å². The first-order chi connectivity index (χ1) is 18.0. The molecule has 7 nitrogen and oxygen atoms in total. The van der Waals surface area contributed by atoms with Crippen LogP contribution in [0.1, 0.15) is 63.7 Å². The molecule has 1 aliphatic rings. The largest absolute Gasteiger partial charge is 0.459 e. The Morgan fingerprint density at radius 1 is 1.16 bits per heavy atom. The Labute approximate surface area is 228 Å². The number of carbonyl (C=O) groups excluding carboxylic acids is 2. The number of carbonyl (C=O) groups is 2. The van der Waals surface area contributed by atoms with Gasteiger partial charge in [0.1, 0.15) is 5.00 Å². The average Bonchev–Trinajstić information content (AvgIpc) is 3.40. The molecule has 0 aliphatic heterocycles. The van der Waals surface area contributed by atoms with E-state index in [1.165, 1.54) is 11.3 Å². The van der Waals surface area contributed by atoms with Gasteiger partial charge in [-0.25, -0.2) is 14.3 Å². The summed E-state index contributed by atoms with van der Waals surface area (Å²) in [7, 11) is 0. The van der Waals surface area contributed by atoms with Crippen LogP contribution in [0.25, 0.3) is 16.9 Å². The molecule has 4 aromatic rings. The highest BCUT2D eigenvalue weighted by Gasteiger charge is 2.37. The maximum absolute atomic E-state index is 14.0. The molecule has 0 unspecified atom stereocenters. The predicted molar refractivity (Wildman–Crippen MR) is 141 cm³/mol. The van der Waals surface area contributed by atoms with Crippen molar-refractivity contribution in [1.29, 1.82) is 0 Å². The highest BCUT2D eigenvalue weighted by Crippen LogP contribution is 2.40. The molecule has 1 aliphatic carbocycles. The molecule has 0 saturated heterocycles. The van der Waals surface area contributed by atoms with Gasteiger partial charge in [-0.1, -0.05) is 30.3 Å². The van der Waals surface area contributed by atoms with Crippen molar-refractivity contribution in [3.8, 4) is 11.3 Å². The Balaban J connectivity index is 1.58. The van der Waals surface area contributed by atoms with Crippen molar-refractivity contribution in [3.05, 3.63) is 68.3 Å². The smallest absolute Gasteiger partial charge is 0.433 e. The molecule has 38 heavy (non-hydrogen) atoms. The Morgan fingerprint density at radius 2 is 1.87 bits per heavy atom. The minimum absolute atomic E-state index is 0.00547. The number of anilines is 1. The highest BCUT2D eigenvalue weighted by molar-refractivity contribution is 9.10. The van der Waals surface area contributed by atoms with Crippen molar-refractivity contribution in [1.82, 2.24) is 14.6 Å². The highest BCUT2D eigenvalue weighted by atomic mass is 79.9. The standard InChI is InChI=1S/C26H22BrF3N4O3S/c1-13(2)37-25(36)19-15-10-6-7-11-17(15)38-24(19)32-23(35)21-20(27)22-31-16(14-8-4-3-5-9-14)12-18(26(28,29)30)34(22)33-21/h3-5,8-9,12-13H,6-7,10-11H2,1-2H3,(H,32,35).